The van der Waals surface area contributed by atoms with Crippen molar-refractivity contribution in [3.63, 3.8) is 0 Å². The Bertz CT molecular complexity index is 1450. The third-order valence-corrected chi connectivity index (χ3v) is 5.34. The van der Waals surface area contributed by atoms with Gasteiger partial charge >= 0.3 is 6.18 Å². The van der Waals surface area contributed by atoms with Gasteiger partial charge in [-0.3, -0.25) is 9.59 Å². The number of halogens is 5. The van der Waals surface area contributed by atoms with Crippen LogP contribution in [0.15, 0.2) is 67.1 Å². The maximum absolute atomic E-state index is 13.1. The van der Waals surface area contributed by atoms with E-state index >= 15 is 0 Å². The molecule has 2 aromatic carbocycles. The lowest BCUT2D eigenvalue weighted by Gasteiger charge is -2.15. The fourth-order valence-corrected chi connectivity index (χ4v) is 3.58. The van der Waals surface area contributed by atoms with Crippen molar-refractivity contribution in [1.82, 2.24) is 25.1 Å². The molecule has 0 fully saturated rings. The Morgan fingerprint density at radius 2 is 1.68 bits per heavy atom. The first kappa shape index (κ1) is 28.6. The number of hydrogen-bond donors (Lipinski definition) is 2. The van der Waals surface area contributed by atoms with E-state index in [-0.39, 0.29) is 35.5 Å². The lowest BCUT2D eigenvalue weighted by atomic mass is 10.1. The fourth-order valence-electron chi connectivity index (χ4n) is 3.34. The Morgan fingerprint density at radius 1 is 0.974 bits per heavy atom. The molecule has 4 aromatic rings. The highest BCUT2D eigenvalue weighted by molar-refractivity contribution is 7.59. The van der Waals surface area contributed by atoms with Crippen molar-refractivity contribution < 1.29 is 27.2 Å². The molecule has 38 heavy (non-hydrogen) atoms. The second kappa shape index (κ2) is 11.6. The molecule has 2 amide bonds. The lowest BCUT2D eigenvalue weighted by molar-refractivity contribution is -0.137. The molecule has 0 radical (unpaired) electrons. The predicted molar refractivity (Wildman–Crippen MR) is 136 cm³/mol. The molecule has 0 bridgehead atoms. The number of amides is 2. The molecule has 0 spiro atoms. The van der Waals surface area contributed by atoms with Crippen molar-refractivity contribution in [1.29, 1.82) is 0 Å². The zero-order valence-electron chi connectivity index (χ0n) is 19.4. The van der Waals surface area contributed by atoms with Crippen molar-refractivity contribution in [2.75, 3.05) is 5.32 Å². The summed E-state index contributed by atoms with van der Waals surface area (Å²) < 4.78 is 53.6. The second-order valence-electron chi connectivity index (χ2n) is 7.82. The van der Waals surface area contributed by atoms with E-state index in [1.165, 1.54) is 41.5 Å². The maximum Gasteiger partial charge on any atom is 0.416 e. The number of hydrogen-bond acceptors (Lipinski definition) is 5. The molecule has 0 aliphatic rings. The first-order valence-electron chi connectivity index (χ1n) is 10.6. The molecular formula is C24H19ClF4N6O2S. The van der Waals surface area contributed by atoms with Crippen molar-refractivity contribution in [2.45, 2.75) is 19.1 Å². The number of aromatic nitrogens is 4. The Morgan fingerprint density at radius 3 is 2.32 bits per heavy atom. The van der Waals surface area contributed by atoms with Crippen molar-refractivity contribution >= 4 is 42.6 Å². The molecule has 0 unspecified atom stereocenters. The largest absolute Gasteiger partial charge is 0.416 e. The van der Waals surface area contributed by atoms with Crippen LogP contribution in [-0.4, -0.2) is 31.6 Å². The molecule has 0 saturated heterocycles. The molecule has 0 saturated carbocycles. The van der Waals surface area contributed by atoms with Crippen LogP contribution in [0.2, 0.25) is 5.02 Å². The minimum atomic E-state index is -4.66. The van der Waals surface area contributed by atoms with Crippen LogP contribution in [-0.2, 0) is 6.18 Å². The first-order valence-corrected chi connectivity index (χ1v) is 11.0. The number of nitrogens with one attached hydrogen (secondary N) is 2. The number of alkyl halides is 3. The average Bonchev–Trinajstić information content (AvgIpc) is 3.34. The van der Waals surface area contributed by atoms with Crippen LogP contribution < -0.4 is 10.6 Å². The van der Waals surface area contributed by atoms with E-state index < -0.39 is 35.4 Å². The summed E-state index contributed by atoms with van der Waals surface area (Å²) in [5.41, 5.74) is -0.688. The van der Waals surface area contributed by atoms with E-state index in [4.69, 9.17) is 11.6 Å². The fraction of sp³-hybridized carbons (Fsp3) is 0.125. The summed E-state index contributed by atoms with van der Waals surface area (Å²) in [6, 6.07) is 9.92. The summed E-state index contributed by atoms with van der Waals surface area (Å²) in [6.07, 6.45) is -2.07. The summed E-state index contributed by atoms with van der Waals surface area (Å²) >= 11 is 5.77. The van der Waals surface area contributed by atoms with Crippen LogP contribution in [0.25, 0.3) is 5.82 Å². The van der Waals surface area contributed by atoms with Crippen LogP contribution in [0.1, 0.15) is 45.1 Å². The number of carbonyl (C=O) groups excluding carboxylic acids is 2. The molecule has 4 rings (SSSR count). The van der Waals surface area contributed by atoms with E-state index in [1.54, 1.807) is 19.1 Å². The molecule has 2 N–H and O–H groups in total. The molecule has 2 heterocycles. The van der Waals surface area contributed by atoms with E-state index in [0.29, 0.717) is 17.6 Å². The van der Waals surface area contributed by atoms with Gasteiger partial charge < -0.3 is 10.6 Å². The molecule has 0 aliphatic carbocycles. The summed E-state index contributed by atoms with van der Waals surface area (Å²) in [5, 5.41) is 9.07. The molecule has 198 valence electrons. The number of anilines is 1. The topological polar surface area (TPSA) is 102 Å². The minimum Gasteiger partial charge on any atom is -0.342 e. The minimum absolute atomic E-state index is 0. The summed E-state index contributed by atoms with van der Waals surface area (Å²) in [6.45, 7) is 1.57. The number of benzene rings is 2. The van der Waals surface area contributed by atoms with E-state index in [9.17, 15) is 27.2 Å². The maximum atomic E-state index is 13.1. The highest BCUT2D eigenvalue weighted by Gasteiger charge is 2.32. The van der Waals surface area contributed by atoms with Gasteiger partial charge in [0, 0.05) is 16.1 Å². The van der Waals surface area contributed by atoms with Crippen LogP contribution in [0.4, 0.5) is 23.2 Å². The zero-order chi connectivity index (χ0) is 26.7. The summed E-state index contributed by atoms with van der Waals surface area (Å²) in [5.74, 6) is -1.16. The van der Waals surface area contributed by atoms with E-state index in [2.05, 4.69) is 25.7 Å². The molecular weight excluding hydrogens is 548 g/mol. The Kier molecular flexibility index (Phi) is 8.74. The van der Waals surface area contributed by atoms with Crippen molar-refractivity contribution in [3.8, 4) is 5.82 Å². The highest BCUT2D eigenvalue weighted by atomic mass is 35.5. The Labute approximate surface area is 225 Å². The Balaban J connectivity index is 0.00000400. The van der Waals surface area contributed by atoms with Crippen LogP contribution in [0, 0.1) is 5.82 Å². The second-order valence-corrected chi connectivity index (χ2v) is 8.25. The smallest absolute Gasteiger partial charge is 0.342 e. The normalized spacial score (nSPS) is 11.8. The average molecular weight is 567 g/mol. The van der Waals surface area contributed by atoms with E-state index in [0.717, 1.165) is 12.1 Å². The number of pyridine rings is 1. The van der Waals surface area contributed by atoms with Gasteiger partial charge in [0.2, 0.25) is 0 Å². The Hall–Kier alpha value is -3.97. The quantitative estimate of drug-likeness (QED) is 0.307. The standard InChI is InChI=1S/C24H17ClF4N6O2.H2S/c1-13(33-23(37)15-8-16(24(27,28)29)10-17(25)9-15)21-31-12-32-35(21)20-7-6-19(11-30-20)34-22(36)14-2-4-18(26)5-3-14;/h2-13H,1H3,(H,33,37)(H,34,36);1H2/t13-;/m0./s1. The van der Waals surface area contributed by atoms with Crippen LogP contribution in [0.5, 0.6) is 0 Å². The summed E-state index contributed by atoms with van der Waals surface area (Å²) in [4.78, 5) is 33.3. The first-order chi connectivity index (χ1) is 17.5. The van der Waals surface area contributed by atoms with Crippen LogP contribution >= 0.6 is 25.1 Å². The zero-order valence-corrected chi connectivity index (χ0v) is 21.2. The van der Waals surface area contributed by atoms with Crippen molar-refractivity contribution in [3.05, 3.63) is 100 Å². The third-order valence-electron chi connectivity index (χ3n) is 5.13. The van der Waals surface area contributed by atoms with Gasteiger partial charge in [0.15, 0.2) is 11.6 Å². The van der Waals surface area contributed by atoms with Gasteiger partial charge in [-0.05, 0) is 61.5 Å². The van der Waals surface area contributed by atoms with Gasteiger partial charge in [0.05, 0.1) is 23.5 Å². The third kappa shape index (κ3) is 6.66. The van der Waals surface area contributed by atoms with Gasteiger partial charge in [-0.2, -0.15) is 36.4 Å². The highest BCUT2D eigenvalue weighted by Crippen LogP contribution is 2.32. The molecule has 2 aromatic heterocycles. The van der Waals surface area contributed by atoms with Gasteiger partial charge in [-0.25, -0.2) is 14.4 Å². The molecule has 0 aliphatic heterocycles. The number of carbonyl (C=O) groups is 2. The monoisotopic (exact) mass is 566 g/mol. The molecule has 8 nitrogen and oxygen atoms in total. The van der Waals surface area contributed by atoms with Crippen molar-refractivity contribution in [2.24, 2.45) is 0 Å². The predicted octanol–water partition coefficient (Wildman–Crippen LogP) is 5.33. The molecule has 1 atom stereocenters. The van der Waals surface area contributed by atoms with Gasteiger partial charge in [-0.1, -0.05) is 11.6 Å². The SMILES string of the molecule is C[C@H](NC(=O)c1cc(Cl)cc(C(F)(F)F)c1)c1ncnn1-c1ccc(NC(=O)c2ccc(F)cc2)cn1.S. The number of rotatable bonds is 6. The van der Waals surface area contributed by atoms with Crippen LogP contribution in [0.3, 0.4) is 0 Å². The van der Waals surface area contributed by atoms with Gasteiger partial charge in [0.1, 0.15) is 12.1 Å². The van der Waals surface area contributed by atoms with E-state index in [1.807, 2.05) is 0 Å². The summed E-state index contributed by atoms with van der Waals surface area (Å²) in [7, 11) is 0. The number of nitrogens with zero attached hydrogens (tertiary/aromatic N) is 4. The van der Waals surface area contributed by atoms with Gasteiger partial charge in [-0.15, -0.1) is 0 Å². The lowest BCUT2D eigenvalue weighted by Crippen LogP contribution is -2.29. The van der Waals surface area contributed by atoms with Gasteiger partial charge in [0.25, 0.3) is 11.8 Å². The molecule has 14 heteroatoms.